The molecule has 3 aromatic carbocycles. The minimum atomic E-state index is -1.73. The van der Waals surface area contributed by atoms with Crippen LogP contribution < -0.4 is 10.8 Å². The predicted molar refractivity (Wildman–Crippen MR) is 122 cm³/mol. The van der Waals surface area contributed by atoms with E-state index in [9.17, 15) is 14.8 Å². The summed E-state index contributed by atoms with van der Waals surface area (Å²) in [6, 6.07) is 19.1. The molecule has 8 nitrogen and oxygen atoms in total. The van der Waals surface area contributed by atoms with Crippen molar-refractivity contribution < 1.29 is 19.6 Å². The van der Waals surface area contributed by atoms with E-state index in [1.165, 1.54) is 6.07 Å². The summed E-state index contributed by atoms with van der Waals surface area (Å²) in [5, 5.41) is 25.2. The van der Waals surface area contributed by atoms with E-state index in [-0.39, 0.29) is 30.2 Å². The molecule has 0 spiro atoms. The summed E-state index contributed by atoms with van der Waals surface area (Å²) in [6.07, 6.45) is -0.591. The molecule has 32 heavy (non-hydrogen) atoms. The predicted octanol–water partition coefficient (Wildman–Crippen LogP) is 3.66. The van der Waals surface area contributed by atoms with Gasteiger partial charge in [0, 0.05) is 23.1 Å². The van der Waals surface area contributed by atoms with Crippen LogP contribution in [-0.2, 0) is 11.3 Å². The summed E-state index contributed by atoms with van der Waals surface area (Å²) >= 11 is 0. The van der Waals surface area contributed by atoms with Gasteiger partial charge in [-0.15, -0.1) is 0 Å². The molecule has 0 saturated heterocycles. The van der Waals surface area contributed by atoms with Gasteiger partial charge in [0.1, 0.15) is 6.61 Å². The Labute approximate surface area is 185 Å². The fourth-order valence-electron chi connectivity index (χ4n) is 4.08. The maximum Gasteiger partial charge on any atom is 0.488 e. The third kappa shape index (κ3) is 4.17. The number of hydrogen-bond acceptors (Lipinski definition) is 5. The van der Waals surface area contributed by atoms with Gasteiger partial charge >= 0.3 is 13.2 Å². The molecule has 9 heteroatoms. The van der Waals surface area contributed by atoms with E-state index < -0.39 is 13.2 Å². The third-order valence-electron chi connectivity index (χ3n) is 5.73. The first-order chi connectivity index (χ1) is 15.5. The Morgan fingerprint density at radius 2 is 1.75 bits per heavy atom. The normalized spacial score (nSPS) is 11.8. The fraction of sp³-hybridized carbons (Fsp3) is 0.174. The van der Waals surface area contributed by atoms with Crippen LogP contribution in [0.3, 0.4) is 0 Å². The second-order valence-electron chi connectivity index (χ2n) is 7.57. The molecule has 3 N–H and O–H groups in total. The molecule has 0 bridgehead atoms. The topological polar surface area (TPSA) is 128 Å². The number of hydrogen-bond donors (Lipinski definition) is 3. The summed E-state index contributed by atoms with van der Waals surface area (Å²) in [6.45, 7) is 2.00. The van der Waals surface area contributed by atoms with Crippen molar-refractivity contribution >= 4 is 24.4 Å². The van der Waals surface area contributed by atoms with E-state index in [0.29, 0.717) is 11.1 Å². The van der Waals surface area contributed by atoms with Crippen molar-refractivity contribution in [1.29, 1.82) is 0 Å². The highest BCUT2D eigenvalue weighted by Gasteiger charge is 2.29. The zero-order chi connectivity index (χ0) is 22.7. The molecule has 0 atom stereocenters. The zero-order valence-electron chi connectivity index (χ0n) is 17.4. The van der Waals surface area contributed by atoms with Crippen LogP contribution in [0.1, 0.15) is 28.2 Å². The summed E-state index contributed by atoms with van der Waals surface area (Å²) in [4.78, 5) is 15.2. The van der Waals surface area contributed by atoms with Crippen molar-refractivity contribution in [2.45, 2.75) is 19.4 Å². The number of nitrogens with one attached hydrogen (secondary N) is 1. The van der Waals surface area contributed by atoms with E-state index in [1.807, 2.05) is 36.4 Å². The van der Waals surface area contributed by atoms with Gasteiger partial charge in [-0.1, -0.05) is 65.8 Å². The lowest BCUT2D eigenvalue weighted by Crippen LogP contribution is -2.31. The number of ether oxygens (including phenoxy) is 1. The van der Waals surface area contributed by atoms with Crippen molar-refractivity contribution in [2.75, 3.05) is 6.61 Å². The first-order valence-electron chi connectivity index (χ1n) is 10.1. The maximum absolute atomic E-state index is 12.4. The van der Waals surface area contributed by atoms with Gasteiger partial charge in [-0.05, 0) is 51.3 Å². The highest BCUT2D eigenvalue weighted by molar-refractivity contribution is 6.58. The fourth-order valence-corrected chi connectivity index (χ4v) is 4.08. The average Bonchev–Trinajstić information content (AvgIpc) is 3.12. The maximum atomic E-state index is 12.4. The lowest BCUT2D eigenvalue weighted by atomic mass is 9.78. The molecule has 0 aliphatic heterocycles. The Morgan fingerprint density at radius 1 is 1.12 bits per heavy atom. The van der Waals surface area contributed by atoms with Gasteiger partial charge < -0.3 is 20.1 Å². The van der Waals surface area contributed by atoms with Crippen LogP contribution in [-0.4, -0.2) is 29.9 Å². The molecule has 4 rings (SSSR count). The number of carbonyl (C=O) groups excluding carboxylic acids is 1. The van der Waals surface area contributed by atoms with Crippen LogP contribution in [0.5, 0.6) is 0 Å². The Bertz CT molecular complexity index is 1180. The van der Waals surface area contributed by atoms with E-state index in [2.05, 4.69) is 27.5 Å². The number of benzene rings is 3. The third-order valence-corrected chi connectivity index (χ3v) is 5.73. The standard InChI is InChI=1S/C23H21BN4O4/c1-14-15(10-16(24(30)31)11-22(14)27-28-25)12-26-23(29)32-13-21-19-8-4-2-6-17(19)18-7-3-5-9-20(18)21/h2-11,21,30-31H,12-13H2,1H3,(H,26,29). The lowest BCUT2D eigenvalue weighted by molar-refractivity contribution is 0.142. The van der Waals surface area contributed by atoms with Crippen molar-refractivity contribution in [1.82, 2.24) is 5.32 Å². The first kappa shape index (κ1) is 21.5. The summed E-state index contributed by atoms with van der Waals surface area (Å²) in [5.41, 5.74) is 14.9. The van der Waals surface area contributed by atoms with E-state index in [4.69, 9.17) is 10.3 Å². The Balaban J connectivity index is 1.45. The van der Waals surface area contributed by atoms with Gasteiger partial charge in [0.15, 0.2) is 0 Å². The Morgan fingerprint density at radius 3 is 2.34 bits per heavy atom. The van der Waals surface area contributed by atoms with E-state index in [0.717, 1.165) is 22.3 Å². The van der Waals surface area contributed by atoms with Gasteiger partial charge in [-0.3, -0.25) is 0 Å². The van der Waals surface area contributed by atoms with Crippen molar-refractivity contribution in [3.05, 3.63) is 93.4 Å². The highest BCUT2D eigenvalue weighted by Crippen LogP contribution is 2.44. The van der Waals surface area contributed by atoms with Crippen LogP contribution in [0.25, 0.3) is 21.6 Å². The molecular formula is C23H21BN4O4. The summed E-state index contributed by atoms with van der Waals surface area (Å²) in [5.74, 6) is -0.0423. The number of nitrogens with zero attached hydrogens (tertiary/aromatic N) is 3. The summed E-state index contributed by atoms with van der Waals surface area (Å²) < 4.78 is 5.53. The first-order valence-corrected chi connectivity index (χ1v) is 10.1. The molecule has 0 heterocycles. The monoisotopic (exact) mass is 428 g/mol. The average molecular weight is 428 g/mol. The van der Waals surface area contributed by atoms with E-state index >= 15 is 0 Å². The molecule has 0 radical (unpaired) electrons. The van der Waals surface area contributed by atoms with Crippen molar-refractivity contribution in [2.24, 2.45) is 5.11 Å². The highest BCUT2D eigenvalue weighted by atomic mass is 16.5. The number of fused-ring (bicyclic) bond motifs is 3. The second-order valence-corrected chi connectivity index (χ2v) is 7.57. The smallest absolute Gasteiger partial charge is 0.449 e. The molecule has 1 aliphatic carbocycles. The van der Waals surface area contributed by atoms with E-state index in [1.54, 1.807) is 13.0 Å². The largest absolute Gasteiger partial charge is 0.488 e. The van der Waals surface area contributed by atoms with Gasteiger partial charge in [-0.25, -0.2) is 4.79 Å². The van der Waals surface area contributed by atoms with Crippen LogP contribution in [0.4, 0.5) is 10.5 Å². The van der Waals surface area contributed by atoms with Crippen LogP contribution in [0.15, 0.2) is 65.8 Å². The SMILES string of the molecule is Cc1c(CNC(=O)OCC2c3ccccc3-c3ccccc32)cc(B(O)O)cc1N=[N+]=[N-]. The Hall–Kier alpha value is -3.78. The zero-order valence-corrected chi connectivity index (χ0v) is 17.4. The molecule has 0 fully saturated rings. The Kier molecular flexibility index (Phi) is 6.14. The van der Waals surface area contributed by atoms with Crippen LogP contribution >= 0.6 is 0 Å². The van der Waals surface area contributed by atoms with Crippen molar-refractivity contribution in [3.8, 4) is 11.1 Å². The lowest BCUT2D eigenvalue weighted by Gasteiger charge is -2.16. The van der Waals surface area contributed by atoms with Gasteiger partial charge in [0.2, 0.25) is 0 Å². The number of amides is 1. The molecular weight excluding hydrogens is 407 g/mol. The van der Waals surface area contributed by atoms with Crippen molar-refractivity contribution in [3.63, 3.8) is 0 Å². The molecule has 0 saturated carbocycles. The van der Waals surface area contributed by atoms with Gasteiger partial charge in [-0.2, -0.15) is 0 Å². The molecule has 0 aromatic heterocycles. The minimum Gasteiger partial charge on any atom is -0.449 e. The number of azide groups is 1. The molecule has 160 valence electrons. The van der Waals surface area contributed by atoms with Crippen LogP contribution in [0, 0.1) is 6.92 Å². The molecule has 1 aliphatic rings. The number of carbonyl (C=O) groups is 1. The minimum absolute atomic E-state index is 0.0423. The van der Waals surface area contributed by atoms with Gasteiger partial charge in [0.25, 0.3) is 0 Å². The second kappa shape index (κ2) is 9.15. The molecule has 0 unspecified atom stereocenters. The number of alkyl carbamates (subject to hydrolysis) is 1. The summed E-state index contributed by atoms with van der Waals surface area (Å²) in [7, 11) is -1.73. The number of rotatable bonds is 6. The van der Waals surface area contributed by atoms with Gasteiger partial charge in [0.05, 0.1) is 0 Å². The quantitative estimate of drug-likeness (QED) is 0.240. The molecule has 1 amide bonds. The molecule has 3 aromatic rings. The van der Waals surface area contributed by atoms with Crippen LogP contribution in [0.2, 0.25) is 0 Å².